The summed E-state index contributed by atoms with van der Waals surface area (Å²) in [5, 5.41) is 20.5. The van der Waals surface area contributed by atoms with Crippen LogP contribution in [0.5, 0.6) is 0 Å². The Hall–Kier alpha value is -2.68. The molecule has 0 unspecified atom stereocenters. The van der Waals surface area contributed by atoms with Gasteiger partial charge in [-0.3, -0.25) is 0 Å². The van der Waals surface area contributed by atoms with Crippen molar-refractivity contribution in [3.8, 4) is 0 Å². The molecule has 0 aromatic heterocycles. The summed E-state index contributed by atoms with van der Waals surface area (Å²) >= 11 is 0. The topological polar surface area (TPSA) is 68.2 Å². The summed E-state index contributed by atoms with van der Waals surface area (Å²) < 4.78 is 45.0. The smallest absolute Gasteiger partial charge is 0.266 e. The second-order valence-electron chi connectivity index (χ2n) is 7.87. The van der Waals surface area contributed by atoms with Gasteiger partial charge in [-0.1, -0.05) is 91.0 Å². The molecule has 34 heavy (non-hydrogen) atoms. The van der Waals surface area contributed by atoms with Crippen LogP contribution in [-0.4, -0.2) is 47.7 Å². The second-order valence-corrected chi connectivity index (χ2v) is 7.87. The number of halogens is 2. The number of aliphatic hydroxyl groups is 2. The van der Waals surface area contributed by atoms with Gasteiger partial charge in [0.25, 0.3) is 6.43 Å². The molecule has 3 aromatic carbocycles. The quantitative estimate of drug-likeness (QED) is 0.365. The Morgan fingerprint density at radius 3 is 1.35 bits per heavy atom. The van der Waals surface area contributed by atoms with E-state index >= 15 is 0 Å². The van der Waals surface area contributed by atoms with Crippen LogP contribution >= 0.6 is 0 Å². The van der Waals surface area contributed by atoms with E-state index in [2.05, 4.69) is 0 Å². The highest BCUT2D eigenvalue weighted by Gasteiger charge is 2.40. The summed E-state index contributed by atoms with van der Waals surface area (Å²) in [6, 6.07) is 27.5. The first-order valence-corrected chi connectivity index (χ1v) is 11.1. The molecule has 182 valence electrons. The number of alkyl halides is 2. The molecule has 0 aliphatic carbocycles. The SMILES string of the molecule is OC[C@H](OCc1ccccc1)[C@@H](OCc1ccccc1)[C@H](OCc1ccccc1)[C@H](O)C(F)F. The van der Waals surface area contributed by atoms with Gasteiger partial charge >= 0.3 is 0 Å². The molecule has 7 heteroatoms. The van der Waals surface area contributed by atoms with Crippen LogP contribution < -0.4 is 0 Å². The molecule has 2 N–H and O–H groups in total. The van der Waals surface area contributed by atoms with Crippen LogP contribution in [0.15, 0.2) is 91.0 Å². The third-order valence-corrected chi connectivity index (χ3v) is 5.34. The highest BCUT2D eigenvalue weighted by Crippen LogP contribution is 2.23. The highest BCUT2D eigenvalue weighted by atomic mass is 19.3. The average Bonchev–Trinajstić information content (AvgIpc) is 2.88. The first kappa shape index (κ1) is 25.9. The summed E-state index contributed by atoms with van der Waals surface area (Å²) in [5.41, 5.74) is 2.40. The van der Waals surface area contributed by atoms with E-state index in [1.807, 2.05) is 66.7 Å². The Labute approximate surface area is 198 Å². The maximum absolute atomic E-state index is 13.7. The summed E-state index contributed by atoms with van der Waals surface area (Å²) in [6.07, 6.45) is -8.84. The second kappa shape index (κ2) is 13.9. The molecule has 0 heterocycles. The lowest BCUT2D eigenvalue weighted by molar-refractivity contribution is -0.203. The van der Waals surface area contributed by atoms with E-state index in [0.717, 1.165) is 16.7 Å². The molecule has 5 nitrogen and oxygen atoms in total. The molecule has 0 amide bonds. The lowest BCUT2D eigenvalue weighted by Gasteiger charge is -2.35. The van der Waals surface area contributed by atoms with Crippen molar-refractivity contribution in [1.82, 2.24) is 0 Å². The maximum atomic E-state index is 13.7. The van der Waals surface area contributed by atoms with E-state index in [9.17, 15) is 19.0 Å². The molecular formula is C27H30F2O5. The maximum Gasteiger partial charge on any atom is 0.266 e. The van der Waals surface area contributed by atoms with E-state index in [4.69, 9.17) is 14.2 Å². The molecule has 0 saturated heterocycles. The van der Waals surface area contributed by atoms with E-state index in [0.29, 0.717) is 0 Å². The van der Waals surface area contributed by atoms with Crippen LogP contribution in [0.25, 0.3) is 0 Å². The molecule has 0 radical (unpaired) electrons. The van der Waals surface area contributed by atoms with Crippen LogP contribution in [0, 0.1) is 0 Å². The molecule has 3 aromatic rings. The predicted octanol–water partition coefficient (Wildman–Crippen LogP) is 4.36. The summed E-state index contributed by atoms with van der Waals surface area (Å²) in [6.45, 7) is -0.323. The fraction of sp³-hybridized carbons (Fsp3) is 0.333. The molecule has 0 aliphatic heterocycles. The third kappa shape index (κ3) is 7.97. The minimum absolute atomic E-state index is 0.0166. The van der Waals surface area contributed by atoms with E-state index in [-0.39, 0.29) is 19.8 Å². The standard InChI is InChI=1S/C27H30F2O5/c28-27(29)24(31)26(34-19-22-14-8-3-9-15-22)25(33-18-21-12-6-2-7-13-21)23(16-30)32-17-20-10-4-1-5-11-20/h1-15,23-27,30-31H,16-19H2/t23-,24-,25+,26+/m0/s1. The molecule has 0 bridgehead atoms. The van der Waals surface area contributed by atoms with Gasteiger partial charge in [0.05, 0.1) is 26.4 Å². The van der Waals surface area contributed by atoms with Crippen molar-refractivity contribution in [2.24, 2.45) is 0 Å². The predicted molar refractivity (Wildman–Crippen MR) is 124 cm³/mol. The van der Waals surface area contributed by atoms with Crippen LogP contribution in [0.2, 0.25) is 0 Å². The monoisotopic (exact) mass is 472 g/mol. The first-order chi connectivity index (χ1) is 16.6. The summed E-state index contributed by atoms with van der Waals surface area (Å²) in [7, 11) is 0. The van der Waals surface area contributed by atoms with E-state index in [1.165, 1.54) is 0 Å². The van der Waals surface area contributed by atoms with Gasteiger partial charge in [0.15, 0.2) is 0 Å². The van der Waals surface area contributed by atoms with Crippen LogP contribution in [0.1, 0.15) is 16.7 Å². The van der Waals surface area contributed by atoms with Crippen molar-refractivity contribution in [2.75, 3.05) is 6.61 Å². The summed E-state index contributed by atoms with van der Waals surface area (Å²) in [5.74, 6) is 0. The molecule has 0 fully saturated rings. The van der Waals surface area contributed by atoms with Gasteiger partial charge in [-0.25, -0.2) is 8.78 Å². The number of benzene rings is 3. The van der Waals surface area contributed by atoms with Gasteiger partial charge in [-0.2, -0.15) is 0 Å². The zero-order chi connectivity index (χ0) is 24.2. The molecule has 4 atom stereocenters. The molecule has 0 saturated carbocycles. The Bertz CT molecular complexity index is 928. The Morgan fingerprint density at radius 1 is 0.588 bits per heavy atom. The zero-order valence-corrected chi connectivity index (χ0v) is 18.8. The normalized spacial score (nSPS) is 15.1. The average molecular weight is 473 g/mol. The molecular weight excluding hydrogens is 442 g/mol. The van der Waals surface area contributed by atoms with Gasteiger partial charge < -0.3 is 24.4 Å². The number of aliphatic hydroxyl groups excluding tert-OH is 2. The van der Waals surface area contributed by atoms with Crippen LogP contribution in [-0.2, 0) is 34.0 Å². The van der Waals surface area contributed by atoms with Crippen molar-refractivity contribution in [2.45, 2.75) is 50.7 Å². The summed E-state index contributed by atoms with van der Waals surface area (Å²) in [4.78, 5) is 0. The van der Waals surface area contributed by atoms with Crippen molar-refractivity contribution in [1.29, 1.82) is 0 Å². The minimum Gasteiger partial charge on any atom is -0.394 e. The zero-order valence-electron chi connectivity index (χ0n) is 18.8. The Morgan fingerprint density at radius 2 is 0.971 bits per heavy atom. The van der Waals surface area contributed by atoms with Gasteiger partial charge in [0.2, 0.25) is 0 Å². The number of hydrogen-bond donors (Lipinski definition) is 2. The van der Waals surface area contributed by atoms with Crippen LogP contribution in [0.4, 0.5) is 8.78 Å². The van der Waals surface area contributed by atoms with Gasteiger partial charge in [-0.05, 0) is 16.7 Å². The number of hydrogen-bond acceptors (Lipinski definition) is 5. The van der Waals surface area contributed by atoms with Crippen molar-refractivity contribution in [3.05, 3.63) is 108 Å². The molecule has 0 aliphatic rings. The first-order valence-electron chi connectivity index (χ1n) is 11.1. The number of rotatable bonds is 14. The minimum atomic E-state index is -3.07. The third-order valence-electron chi connectivity index (χ3n) is 5.34. The van der Waals surface area contributed by atoms with E-state index in [1.54, 1.807) is 24.3 Å². The Kier molecular flexibility index (Phi) is 10.6. The van der Waals surface area contributed by atoms with Crippen molar-refractivity contribution >= 4 is 0 Å². The lowest BCUT2D eigenvalue weighted by atomic mass is 10.0. The largest absolute Gasteiger partial charge is 0.394 e. The van der Waals surface area contributed by atoms with E-state index < -0.39 is 37.4 Å². The lowest BCUT2D eigenvalue weighted by Crippen LogP contribution is -2.52. The highest BCUT2D eigenvalue weighted by molar-refractivity contribution is 5.15. The molecule has 0 spiro atoms. The van der Waals surface area contributed by atoms with Crippen LogP contribution in [0.3, 0.4) is 0 Å². The van der Waals surface area contributed by atoms with Gasteiger partial charge in [0.1, 0.15) is 24.4 Å². The van der Waals surface area contributed by atoms with Gasteiger partial charge in [0, 0.05) is 0 Å². The van der Waals surface area contributed by atoms with Gasteiger partial charge in [-0.15, -0.1) is 0 Å². The number of ether oxygens (including phenoxy) is 3. The molecule has 3 rings (SSSR count). The Balaban J connectivity index is 1.82. The fourth-order valence-electron chi connectivity index (χ4n) is 3.51. The van der Waals surface area contributed by atoms with Crippen molar-refractivity contribution < 1.29 is 33.2 Å². The fourth-order valence-corrected chi connectivity index (χ4v) is 3.51. The van der Waals surface area contributed by atoms with Crippen molar-refractivity contribution in [3.63, 3.8) is 0 Å².